The van der Waals surface area contributed by atoms with Crippen molar-refractivity contribution in [2.45, 2.75) is 38.1 Å². The molecule has 0 saturated carbocycles. The molecule has 0 radical (unpaired) electrons. The van der Waals surface area contributed by atoms with Gasteiger partial charge in [-0.05, 0) is 50.4 Å². The van der Waals surface area contributed by atoms with Crippen molar-refractivity contribution in [3.8, 4) is 0 Å². The number of hydrogen-bond acceptors (Lipinski definition) is 5. The first-order valence-corrected chi connectivity index (χ1v) is 7.89. The highest BCUT2D eigenvalue weighted by molar-refractivity contribution is 6.28. The second kappa shape index (κ2) is 6.14. The van der Waals surface area contributed by atoms with Crippen LogP contribution in [-0.4, -0.2) is 47.1 Å². The van der Waals surface area contributed by atoms with E-state index >= 15 is 0 Å². The van der Waals surface area contributed by atoms with Crippen molar-refractivity contribution < 1.29 is 0 Å². The zero-order valence-corrected chi connectivity index (χ0v) is 12.5. The SMILES string of the molecule is Nc1cnc(Cl)nc1N1CCC(N2CCCCC2)CC1. The quantitative estimate of drug-likeness (QED) is 0.848. The average Bonchev–Trinajstić information content (AvgIpc) is 2.51. The van der Waals surface area contributed by atoms with Crippen molar-refractivity contribution in [3.05, 3.63) is 11.5 Å². The number of aromatic nitrogens is 2. The van der Waals surface area contributed by atoms with Gasteiger partial charge in [-0.2, -0.15) is 4.98 Å². The standard InChI is InChI=1S/C14H22ClN5/c15-14-17-10-12(16)13(18-14)20-8-4-11(5-9-20)19-6-2-1-3-7-19/h10-11H,1-9,16H2. The molecule has 20 heavy (non-hydrogen) atoms. The van der Waals surface area contributed by atoms with Crippen molar-refractivity contribution in [2.75, 3.05) is 36.8 Å². The fraction of sp³-hybridized carbons (Fsp3) is 0.714. The lowest BCUT2D eigenvalue weighted by molar-refractivity contribution is 0.141. The molecule has 2 aliphatic rings. The highest BCUT2D eigenvalue weighted by Gasteiger charge is 2.26. The summed E-state index contributed by atoms with van der Waals surface area (Å²) in [4.78, 5) is 13.1. The van der Waals surface area contributed by atoms with E-state index in [9.17, 15) is 0 Å². The second-order valence-electron chi connectivity index (χ2n) is 5.73. The van der Waals surface area contributed by atoms with Gasteiger partial charge in [-0.25, -0.2) is 4.98 Å². The Balaban J connectivity index is 1.61. The third-order valence-electron chi connectivity index (χ3n) is 4.44. The summed E-state index contributed by atoms with van der Waals surface area (Å²) < 4.78 is 0. The van der Waals surface area contributed by atoms with E-state index in [0.717, 1.165) is 24.9 Å². The van der Waals surface area contributed by atoms with Gasteiger partial charge < -0.3 is 15.5 Å². The summed E-state index contributed by atoms with van der Waals surface area (Å²) in [5.41, 5.74) is 6.58. The Morgan fingerprint density at radius 1 is 1.10 bits per heavy atom. The van der Waals surface area contributed by atoms with Crippen LogP contribution in [0.4, 0.5) is 11.5 Å². The lowest BCUT2D eigenvalue weighted by Gasteiger charge is -2.40. The minimum atomic E-state index is 0.271. The maximum atomic E-state index is 5.96. The molecule has 2 aliphatic heterocycles. The van der Waals surface area contributed by atoms with Crippen molar-refractivity contribution in [1.29, 1.82) is 0 Å². The molecule has 6 heteroatoms. The van der Waals surface area contributed by atoms with Crippen LogP contribution in [-0.2, 0) is 0 Å². The smallest absolute Gasteiger partial charge is 0.224 e. The Morgan fingerprint density at radius 3 is 2.50 bits per heavy atom. The van der Waals surface area contributed by atoms with Gasteiger partial charge in [0.25, 0.3) is 0 Å². The van der Waals surface area contributed by atoms with Crippen LogP contribution in [0.3, 0.4) is 0 Å². The Bertz CT molecular complexity index is 453. The number of halogens is 1. The number of rotatable bonds is 2. The van der Waals surface area contributed by atoms with Gasteiger partial charge in [0.05, 0.1) is 11.9 Å². The zero-order chi connectivity index (χ0) is 13.9. The first-order valence-electron chi connectivity index (χ1n) is 7.51. The van der Waals surface area contributed by atoms with E-state index < -0.39 is 0 Å². The number of hydrogen-bond donors (Lipinski definition) is 1. The number of nitrogens with zero attached hydrogens (tertiary/aromatic N) is 4. The topological polar surface area (TPSA) is 58.3 Å². The van der Waals surface area contributed by atoms with Crippen LogP contribution in [0.15, 0.2) is 6.20 Å². The Hall–Kier alpha value is -1.07. The molecule has 0 bridgehead atoms. The molecule has 1 aromatic rings. The fourth-order valence-corrected chi connectivity index (χ4v) is 3.47. The third kappa shape index (κ3) is 2.99. The summed E-state index contributed by atoms with van der Waals surface area (Å²) in [6.45, 7) is 4.54. The molecule has 2 N–H and O–H groups in total. The third-order valence-corrected chi connectivity index (χ3v) is 4.62. The van der Waals surface area contributed by atoms with E-state index in [-0.39, 0.29) is 5.28 Å². The number of anilines is 2. The predicted octanol–water partition coefficient (Wildman–Crippen LogP) is 2.17. The van der Waals surface area contributed by atoms with Crippen molar-refractivity contribution in [1.82, 2.24) is 14.9 Å². The molecule has 0 spiro atoms. The summed E-state index contributed by atoms with van der Waals surface area (Å²) in [5, 5.41) is 0.271. The van der Waals surface area contributed by atoms with Gasteiger partial charge in [0.2, 0.25) is 5.28 Å². The summed E-state index contributed by atoms with van der Waals surface area (Å²) >= 11 is 5.87. The minimum Gasteiger partial charge on any atom is -0.394 e. The van der Waals surface area contributed by atoms with Crippen LogP contribution < -0.4 is 10.6 Å². The molecule has 0 unspecified atom stereocenters. The zero-order valence-electron chi connectivity index (χ0n) is 11.8. The van der Waals surface area contributed by atoms with Crippen LogP contribution in [0, 0.1) is 0 Å². The highest BCUT2D eigenvalue weighted by Crippen LogP contribution is 2.27. The maximum absolute atomic E-state index is 5.96. The molecular formula is C14H22ClN5. The van der Waals surface area contributed by atoms with Gasteiger partial charge >= 0.3 is 0 Å². The van der Waals surface area contributed by atoms with Gasteiger partial charge in [-0.3, -0.25) is 0 Å². The number of nitrogen functional groups attached to an aromatic ring is 1. The fourth-order valence-electron chi connectivity index (χ4n) is 3.34. The van der Waals surface area contributed by atoms with Crippen molar-refractivity contribution in [3.63, 3.8) is 0 Å². The van der Waals surface area contributed by atoms with Crippen LogP contribution in [0.5, 0.6) is 0 Å². The average molecular weight is 296 g/mol. The molecule has 0 aromatic carbocycles. The van der Waals surface area contributed by atoms with Crippen LogP contribution in [0.25, 0.3) is 0 Å². The van der Waals surface area contributed by atoms with Crippen LogP contribution >= 0.6 is 11.6 Å². The molecule has 0 aliphatic carbocycles. The summed E-state index contributed by atoms with van der Waals surface area (Å²) in [7, 11) is 0. The van der Waals surface area contributed by atoms with Crippen LogP contribution in [0.2, 0.25) is 5.28 Å². The van der Waals surface area contributed by atoms with E-state index in [0.29, 0.717) is 5.69 Å². The summed E-state index contributed by atoms with van der Waals surface area (Å²) in [6, 6.07) is 0.727. The largest absolute Gasteiger partial charge is 0.394 e. The molecule has 5 nitrogen and oxygen atoms in total. The van der Waals surface area contributed by atoms with E-state index in [1.807, 2.05) is 0 Å². The van der Waals surface area contributed by atoms with E-state index in [1.165, 1.54) is 45.2 Å². The molecule has 3 rings (SSSR count). The lowest BCUT2D eigenvalue weighted by Crippen LogP contribution is -2.47. The van der Waals surface area contributed by atoms with Gasteiger partial charge in [-0.15, -0.1) is 0 Å². The van der Waals surface area contributed by atoms with Gasteiger partial charge in [0, 0.05) is 19.1 Å². The van der Waals surface area contributed by atoms with Gasteiger partial charge in [-0.1, -0.05) is 6.42 Å². The van der Waals surface area contributed by atoms with E-state index in [4.69, 9.17) is 17.3 Å². The van der Waals surface area contributed by atoms with Crippen molar-refractivity contribution in [2.24, 2.45) is 0 Å². The maximum Gasteiger partial charge on any atom is 0.224 e. The predicted molar refractivity (Wildman–Crippen MR) is 82.1 cm³/mol. The highest BCUT2D eigenvalue weighted by atomic mass is 35.5. The summed E-state index contributed by atoms with van der Waals surface area (Å²) in [6.07, 6.45) is 8.07. The Labute approximate surface area is 125 Å². The van der Waals surface area contributed by atoms with E-state index in [1.54, 1.807) is 6.20 Å². The monoisotopic (exact) mass is 295 g/mol. The lowest BCUT2D eigenvalue weighted by atomic mass is 10.00. The second-order valence-corrected chi connectivity index (χ2v) is 6.07. The molecular weight excluding hydrogens is 274 g/mol. The Morgan fingerprint density at radius 2 is 1.80 bits per heavy atom. The Kier molecular flexibility index (Phi) is 4.27. The normalized spacial score (nSPS) is 22.1. The summed E-state index contributed by atoms with van der Waals surface area (Å²) in [5.74, 6) is 0.794. The van der Waals surface area contributed by atoms with Crippen molar-refractivity contribution >= 4 is 23.1 Å². The molecule has 0 amide bonds. The molecule has 110 valence electrons. The molecule has 1 aromatic heterocycles. The number of likely N-dealkylation sites (tertiary alicyclic amines) is 1. The molecule has 3 heterocycles. The number of piperidine rings is 2. The number of nitrogens with two attached hydrogens (primary N) is 1. The minimum absolute atomic E-state index is 0.271. The first kappa shape index (κ1) is 13.9. The van der Waals surface area contributed by atoms with Crippen LogP contribution in [0.1, 0.15) is 32.1 Å². The molecule has 2 saturated heterocycles. The molecule has 0 atom stereocenters. The van der Waals surface area contributed by atoms with Gasteiger partial charge in [0.1, 0.15) is 0 Å². The molecule has 2 fully saturated rings. The van der Waals surface area contributed by atoms with Gasteiger partial charge in [0.15, 0.2) is 5.82 Å². The first-order chi connectivity index (χ1) is 9.74. The van der Waals surface area contributed by atoms with E-state index in [2.05, 4.69) is 19.8 Å².